The molecule has 20 heavy (non-hydrogen) atoms. The maximum atomic E-state index is 12.2. The van der Waals surface area contributed by atoms with Crippen LogP contribution in [0.4, 0.5) is 0 Å². The summed E-state index contributed by atoms with van der Waals surface area (Å²) in [4.78, 5) is 12.2. The zero-order valence-electron chi connectivity index (χ0n) is 11.6. The van der Waals surface area contributed by atoms with Crippen molar-refractivity contribution in [2.75, 3.05) is 20.3 Å². The second-order valence-corrected chi connectivity index (χ2v) is 4.57. The molecule has 0 spiro atoms. The van der Waals surface area contributed by atoms with Gasteiger partial charge in [0.1, 0.15) is 0 Å². The second-order valence-electron chi connectivity index (χ2n) is 4.57. The Hall–Kier alpha value is -2.13. The molecule has 0 saturated carbocycles. The van der Waals surface area contributed by atoms with Crippen LogP contribution in [0.2, 0.25) is 0 Å². The quantitative estimate of drug-likeness (QED) is 0.819. The third-order valence-electron chi connectivity index (χ3n) is 3.09. The van der Waals surface area contributed by atoms with Gasteiger partial charge >= 0.3 is 0 Å². The summed E-state index contributed by atoms with van der Waals surface area (Å²) in [5, 5.41) is 2.86. The molecule has 0 bridgehead atoms. The SMILES string of the molecule is COCCNC(=O)c1ccccc1Cc1ccccc1. The van der Waals surface area contributed by atoms with E-state index in [2.05, 4.69) is 17.4 Å². The van der Waals surface area contributed by atoms with Crippen LogP contribution in [0.5, 0.6) is 0 Å². The lowest BCUT2D eigenvalue weighted by molar-refractivity contribution is 0.0936. The second kappa shape index (κ2) is 7.46. The van der Waals surface area contributed by atoms with Crippen LogP contribution in [-0.4, -0.2) is 26.2 Å². The Morgan fingerprint density at radius 2 is 1.75 bits per heavy atom. The van der Waals surface area contributed by atoms with E-state index in [1.165, 1.54) is 5.56 Å². The van der Waals surface area contributed by atoms with E-state index in [9.17, 15) is 4.79 Å². The summed E-state index contributed by atoms with van der Waals surface area (Å²) < 4.78 is 4.94. The van der Waals surface area contributed by atoms with Crippen LogP contribution in [0.1, 0.15) is 21.5 Å². The molecule has 2 aromatic carbocycles. The molecule has 0 atom stereocenters. The molecule has 1 amide bonds. The first-order valence-corrected chi connectivity index (χ1v) is 6.70. The highest BCUT2D eigenvalue weighted by atomic mass is 16.5. The van der Waals surface area contributed by atoms with E-state index in [-0.39, 0.29) is 5.91 Å². The Labute approximate surface area is 119 Å². The lowest BCUT2D eigenvalue weighted by atomic mass is 9.99. The van der Waals surface area contributed by atoms with E-state index in [1.54, 1.807) is 7.11 Å². The van der Waals surface area contributed by atoms with Gasteiger partial charge in [0.15, 0.2) is 0 Å². The van der Waals surface area contributed by atoms with E-state index < -0.39 is 0 Å². The van der Waals surface area contributed by atoms with Gasteiger partial charge in [0, 0.05) is 19.2 Å². The molecule has 3 nitrogen and oxygen atoms in total. The van der Waals surface area contributed by atoms with Gasteiger partial charge in [0.05, 0.1) is 6.61 Å². The molecule has 2 aromatic rings. The molecule has 0 aliphatic heterocycles. The molecule has 0 aliphatic carbocycles. The molecule has 1 N–H and O–H groups in total. The van der Waals surface area contributed by atoms with Gasteiger partial charge in [-0.15, -0.1) is 0 Å². The highest BCUT2D eigenvalue weighted by Gasteiger charge is 2.10. The number of hydrogen-bond donors (Lipinski definition) is 1. The van der Waals surface area contributed by atoms with Crippen LogP contribution in [0.3, 0.4) is 0 Å². The fourth-order valence-corrected chi connectivity index (χ4v) is 2.07. The first-order valence-electron chi connectivity index (χ1n) is 6.70. The minimum Gasteiger partial charge on any atom is -0.383 e. The molecule has 104 valence electrons. The van der Waals surface area contributed by atoms with Gasteiger partial charge in [-0.1, -0.05) is 48.5 Å². The summed E-state index contributed by atoms with van der Waals surface area (Å²) >= 11 is 0. The van der Waals surface area contributed by atoms with E-state index in [0.717, 1.165) is 17.5 Å². The molecule has 0 heterocycles. The summed E-state index contributed by atoms with van der Waals surface area (Å²) in [6.07, 6.45) is 0.759. The summed E-state index contributed by atoms with van der Waals surface area (Å²) in [5.74, 6) is -0.0476. The van der Waals surface area contributed by atoms with Gasteiger partial charge in [-0.05, 0) is 23.6 Å². The smallest absolute Gasteiger partial charge is 0.251 e. The first kappa shape index (κ1) is 14.3. The predicted molar refractivity (Wildman–Crippen MR) is 79.9 cm³/mol. The van der Waals surface area contributed by atoms with Gasteiger partial charge in [-0.2, -0.15) is 0 Å². The number of hydrogen-bond acceptors (Lipinski definition) is 2. The number of carbonyl (C=O) groups excluding carboxylic acids is 1. The monoisotopic (exact) mass is 269 g/mol. The minimum atomic E-state index is -0.0476. The molecule has 3 heteroatoms. The average molecular weight is 269 g/mol. The maximum Gasteiger partial charge on any atom is 0.251 e. The lowest BCUT2D eigenvalue weighted by Crippen LogP contribution is -2.27. The van der Waals surface area contributed by atoms with Gasteiger partial charge in [0.25, 0.3) is 5.91 Å². The third-order valence-corrected chi connectivity index (χ3v) is 3.09. The molecular weight excluding hydrogens is 250 g/mol. The molecule has 2 rings (SSSR count). The summed E-state index contributed by atoms with van der Waals surface area (Å²) in [5.41, 5.74) is 2.96. The topological polar surface area (TPSA) is 38.3 Å². The Morgan fingerprint density at radius 3 is 2.50 bits per heavy atom. The third kappa shape index (κ3) is 3.93. The highest BCUT2D eigenvalue weighted by Crippen LogP contribution is 2.14. The molecule has 0 saturated heterocycles. The number of rotatable bonds is 6. The van der Waals surface area contributed by atoms with E-state index in [0.29, 0.717) is 13.2 Å². The Bertz CT molecular complexity index is 552. The number of ether oxygens (including phenoxy) is 1. The van der Waals surface area contributed by atoms with Crippen molar-refractivity contribution >= 4 is 5.91 Å². The summed E-state index contributed by atoms with van der Waals surface area (Å²) in [7, 11) is 1.62. The number of nitrogens with one attached hydrogen (secondary N) is 1. The average Bonchev–Trinajstić information content (AvgIpc) is 2.49. The number of amides is 1. The molecule has 0 aliphatic rings. The highest BCUT2D eigenvalue weighted by molar-refractivity contribution is 5.95. The normalized spacial score (nSPS) is 10.2. The van der Waals surface area contributed by atoms with Crippen molar-refractivity contribution in [1.29, 1.82) is 0 Å². The Morgan fingerprint density at radius 1 is 1.05 bits per heavy atom. The Kier molecular flexibility index (Phi) is 5.33. The number of carbonyl (C=O) groups is 1. The van der Waals surface area contributed by atoms with Gasteiger partial charge in [-0.25, -0.2) is 0 Å². The predicted octanol–water partition coefficient (Wildman–Crippen LogP) is 2.65. The molecule has 0 radical (unpaired) electrons. The van der Waals surface area contributed by atoms with Crippen molar-refractivity contribution in [1.82, 2.24) is 5.32 Å². The minimum absolute atomic E-state index is 0.0476. The van der Waals surface area contributed by atoms with Crippen LogP contribution in [-0.2, 0) is 11.2 Å². The van der Waals surface area contributed by atoms with E-state index >= 15 is 0 Å². The van der Waals surface area contributed by atoms with Crippen LogP contribution >= 0.6 is 0 Å². The summed E-state index contributed by atoms with van der Waals surface area (Å²) in [6.45, 7) is 1.04. The Balaban J connectivity index is 2.11. The zero-order chi connectivity index (χ0) is 14.2. The van der Waals surface area contributed by atoms with E-state index in [4.69, 9.17) is 4.74 Å². The van der Waals surface area contributed by atoms with Gasteiger partial charge < -0.3 is 10.1 Å². The molecule has 0 fully saturated rings. The van der Waals surface area contributed by atoms with Crippen molar-refractivity contribution in [3.8, 4) is 0 Å². The fourth-order valence-electron chi connectivity index (χ4n) is 2.07. The standard InChI is InChI=1S/C17H19NO2/c1-20-12-11-18-17(19)16-10-6-5-9-15(16)13-14-7-3-2-4-8-14/h2-10H,11-13H2,1H3,(H,18,19). The van der Waals surface area contributed by atoms with Crippen LogP contribution in [0, 0.1) is 0 Å². The zero-order valence-corrected chi connectivity index (χ0v) is 11.6. The number of benzene rings is 2. The van der Waals surface area contributed by atoms with Crippen LogP contribution in [0.25, 0.3) is 0 Å². The van der Waals surface area contributed by atoms with Crippen molar-refractivity contribution < 1.29 is 9.53 Å². The van der Waals surface area contributed by atoms with Crippen LogP contribution < -0.4 is 5.32 Å². The fraction of sp³-hybridized carbons (Fsp3) is 0.235. The summed E-state index contributed by atoms with van der Waals surface area (Å²) in [6, 6.07) is 17.9. The maximum absolute atomic E-state index is 12.2. The molecular formula is C17H19NO2. The van der Waals surface area contributed by atoms with Crippen LogP contribution in [0.15, 0.2) is 54.6 Å². The van der Waals surface area contributed by atoms with Crippen molar-refractivity contribution in [3.63, 3.8) is 0 Å². The lowest BCUT2D eigenvalue weighted by Gasteiger charge is -2.10. The van der Waals surface area contributed by atoms with Crippen molar-refractivity contribution in [2.24, 2.45) is 0 Å². The van der Waals surface area contributed by atoms with E-state index in [1.807, 2.05) is 42.5 Å². The van der Waals surface area contributed by atoms with Crippen molar-refractivity contribution in [3.05, 3.63) is 71.3 Å². The number of methoxy groups -OCH3 is 1. The van der Waals surface area contributed by atoms with Gasteiger partial charge in [0.2, 0.25) is 0 Å². The largest absolute Gasteiger partial charge is 0.383 e. The van der Waals surface area contributed by atoms with Gasteiger partial charge in [-0.3, -0.25) is 4.79 Å². The van der Waals surface area contributed by atoms with Crippen molar-refractivity contribution in [2.45, 2.75) is 6.42 Å². The first-order chi connectivity index (χ1) is 9.81. The molecule has 0 unspecified atom stereocenters. The molecule has 0 aromatic heterocycles.